The van der Waals surface area contributed by atoms with E-state index < -0.39 is 0 Å². The van der Waals surface area contributed by atoms with E-state index in [1.165, 1.54) is 0 Å². The fourth-order valence-electron chi connectivity index (χ4n) is 4.44. The average Bonchev–Trinajstić information content (AvgIpc) is 2.44. The third-order valence-electron chi connectivity index (χ3n) is 5.14. The Labute approximate surface area is 159 Å². The third kappa shape index (κ3) is 9.99. The first-order valence-corrected chi connectivity index (χ1v) is 10.8. The summed E-state index contributed by atoms with van der Waals surface area (Å²) in [7, 11) is 0. The first-order valence-electron chi connectivity index (χ1n) is 10.8. The summed E-state index contributed by atoms with van der Waals surface area (Å²) in [5.41, 5.74) is -0.0883. The first kappa shape index (κ1) is 24.9. The molecule has 25 heavy (non-hydrogen) atoms. The maximum Gasteiger partial charge on any atom is 0.148 e. The summed E-state index contributed by atoms with van der Waals surface area (Å²) in [6.07, 6.45) is 6.55. The summed E-state index contributed by atoms with van der Waals surface area (Å²) in [4.78, 5) is 0. The van der Waals surface area contributed by atoms with E-state index in [1.54, 1.807) is 0 Å². The van der Waals surface area contributed by atoms with Gasteiger partial charge in [-0.3, -0.25) is 0 Å². The zero-order chi connectivity index (χ0) is 19.7. The predicted octanol–water partition coefficient (Wildman–Crippen LogP) is 7.46. The van der Waals surface area contributed by atoms with Crippen LogP contribution in [0.3, 0.4) is 0 Å². The first-order chi connectivity index (χ1) is 11.5. The van der Waals surface area contributed by atoms with Crippen molar-refractivity contribution < 1.29 is 9.47 Å². The molecule has 0 amide bonds. The Kier molecular flexibility index (Phi) is 11.6. The molecule has 0 aliphatic carbocycles. The van der Waals surface area contributed by atoms with Crippen molar-refractivity contribution in [2.75, 3.05) is 6.79 Å². The van der Waals surface area contributed by atoms with Gasteiger partial charge in [0, 0.05) is 0 Å². The second-order valence-corrected chi connectivity index (χ2v) is 9.87. The van der Waals surface area contributed by atoms with Crippen molar-refractivity contribution in [2.24, 2.45) is 23.7 Å². The molecule has 2 heteroatoms. The molecule has 0 saturated carbocycles. The molecule has 0 aliphatic rings. The van der Waals surface area contributed by atoms with Crippen LogP contribution in [0.1, 0.15) is 108 Å². The summed E-state index contributed by atoms with van der Waals surface area (Å²) in [5, 5.41) is 0. The normalized spacial score (nSPS) is 13.7. The van der Waals surface area contributed by atoms with Crippen LogP contribution in [0, 0.1) is 23.7 Å². The summed E-state index contributed by atoms with van der Waals surface area (Å²) < 4.78 is 13.0. The molecule has 2 nitrogen and oxygen atoms in total. The quantitative estimate of drug-likeness (QED) is 0.301. The number of hydrogen-bond donors (Lipinski definition) is 0. The minimum Gasteiger partial charge on any atom is -0.349 e. The minimum absolute atomic E-state index is 0.0442. The minimum atomic E-state index is -0.0442. The molecular weight excluding hydrogens is 308 g/mol. The van der Waals surface area contributed by atoms with Crippen molar-refractivity contribution in [3.8, 4) is 0 Å². The maximum atomic E-state index is 6.50. The van der Waals surface area contributed by atoms with Gasteiger partial charge in [-0.1, -0.05) is 69.2 Å². The van der Waals surface area contributed by atoms with Crippen LogP contribution >= 0.6 is 0 Å². The largest absolute Gasteiger partial charge is 0.349 e. The van der Waals surface area contributed by atoms with E-state index >= 15 is 0 Å². The van der Waals surface area contributed by atoms with Gasteiger partial charge in [-0.2, -0.15) is 0 Å². The summed E-state index contributed by atoms with van der Waals surface area (Å²) in [6.45, 7) is 23.3. The molecule has 0 saturated heterocycles. The zero-order valence-electron chi connectivity index (χ0n) is 19.1. The Morgan fingerprint density at radius 1 is 0.520 bits per heavy atom. The Morgan fingerprint density at radius 2 is 0.760 bits per heavy atom. The zero-order valence-corrected chi connectivity index (χ0v) is 19.1. The van der Waals surface area contributed by atoms with Gasteiger partial charge in [0.1, 0.15) is 6.79 Å². The van der Waals surface area contributed by atoms with Gasteiger partial charge in [-0.25, -0.2) is 0 Å². The van der Waals surface area contributed by atoms with Crippen molar-refractivity contribution >= 4 is 0 Å². The molecule has 0 aromatic heterocycles. The van der Waals surface area contributed by atoms with E-state index in [4.69, 9.17) is 9.47 Å². The van der Waals surface area contributed by atoms with E-state index in [2.05, 4.69) is 69.2 Å². The highest BCUT2D eigenvalue weighted by Crippen LogP contribution is 2.35. The van der Waals surface area contributed by atoms with Gasteiger partial charge < -0.3 is 9.47 Å². The molecule has 0 rings (SSSR count). The molecule has 0 N–H and O–H groups in total. The van der Waals surface area contributed by atoms with E-state index in [9.17, 15) is 0 Å². The van der Waals surface area contributed by atoms with Crippen LogP contribution in [0.4, 0.5) is 0 Å². The van der Waals surface area contributed by atoms with Crippen LogP contribution in [0.5, 0.6) is 0 Å². The lowest BCUT2D eigenvalue weighted by molar-refractivity contribution is -0.211. The summed E-state index contributed by atoms with van der Waals surface area (Å²) in [6, 6.07) is 0. The number of ether oxygens (including phenoxy) is 2. The van der Waals surface area contributed by atoms with Crippen LogP contribution in [0.25, 0.3) is 0 Å². The van der Waals surface area contributed by atoms with Gasteiger partial charge in [0.15, 0.2) is 0 Å². The second kappa shape index (κ2) is 11.6. The van der Waals surface area contributed by atoms with Crippen LogP contribution in [-0.2, 0) is 9.47 Å². The van der Waals surface area contributed by atoms with Crippen molar-refractivity contribution in [3.63, 3.8) is 0 Å². The van der Waals surface area contributed by atoms with Gasteiger partial charge in [0.25, 0.3) is 0 Å². The third-order valence-corrected chi connectivity index (χ3v) is 5.14. The van der Waals surface area contributed by atoms with Gasteiger partial charge in [0.05, 0.1) is 11.2 Å². The van der Waals surface area contributed by atoms with Crippen molar-refractivity contribution in [1.82, 2.24) is 0 Å². The van der Waals surface area contributed by atoms with E-state index in [0.717, 1.165) is 38.5 Å². The molecule has 0 fully saturated rings. The van der Waals surface area contributed by atoms with Gasteiger partial charge in [-0.15, -0.1) is 0 Å². The summed E-state index contributed by atoms with van der Waals surface area (Å²) >= 11 is 0. The Morgan fingerprint density at radius 3 is 0.920 bits per heavy atom. The highest BCUT2D eigenvalue weighted by molar-refractivity contribution is 4.84. The fraction of sp³-hybridized carbons (Fsp3) is 1.00. The lowest BCUT2D eigenvalue weighted by Crippen LogP contribution is -2.40. The predicted molar refractivity (Wildman–Crippen MR) is 111 cm³/mol. The highest BCUT2D eigenvalue weighted by Gasteiger charge is 2.35. The topological polar surface area (TPSA) is 18.5 Å². The summed E-state index contributed by atoms with van der Waals surface area (Å²) in [5.74, 6) is 2.56. The Balaban J connectivity index is 5.08. The van der Waals surface area contributed by atoms with E-state index in [1.807, 2.05) is 0 Å². The molecule has 0 bridgehead atoms. The molecule has 0 aromatic rings. The number of rotatable bonds is 14. The smallest absolute Gasteiger partial charge is 0.148 e. The van der Waals surface area contributed by atoms with Crippen molar-refractivity contribution in [3.05, 3.63) is 0 Å². The Hall–Kier alpha value is -0.0800. The van der Waals surface area contributed by atoms with Crippen LogP contribution < -0.4 is 0 Å². The van der Waals surface area contributed by atoms with E-state index in [0.29, 0.717) is 30.5 Å². The lowest BCUT2D eigenvalue weighted by atomic mass is 9.82. The van der Waals surface area contributed by atoms with E-state index in [-0.39, 0.29) is 11.2 Å². The SMILES string of the molecule is CCC(CC(C)C)(CC(C)C)OCOC(CC)(CC(C)C)CC(C)C. The van der Waals surface area contributed by atoms with Gasteiger partial charge >= 0.3 is 0 Å². The molecule has 152 valence electrons. The van der Waals surface area contributed by atoms with Crippen LogP contribution in [0.2, 0.25) is 0 Å². The average molecular weight is 357 g/mol. The molecule has 0 aromatic carbocycles. The molecular formula is C23H48O2. The van der Waals surface area contributed by atoms with Gasteiger partial charge in [0.2, 0.25) is 0 Å². The number of hydrogen-bond acceptors (Lipinski definition) is 2. The van der Waals surface area contributed by atoms with Crippen LogP contribution in [-0.4, -0.2) is 18.0 Å². The Bertz CT molecular complexity index is 279. The second-order valence-electron chi connectivity index (χ2n) is 9.87. The van der Waals surface area contributed by atoms with Gasteiger partial charge in [-0.05, 0) is 62.2 Å². The standard InChI is InChI=1S/C23H48O2/c1-11-22(13-18(3)4,14-19(5)6)24-17-25-23(12-2,15-20(7)8)16-21(9)10/h18-21H,11-17H2,1-10H3. The molecule has 0 aliphatic heterocycles. The molecule has 0 radical (unpaired) electrons. The van der Waals surface area contributed by atoms with Crippen molar-refractivity contribution in [2.45, 2.75) is 119 Å². The fourth-order valence-corrected chi connectivity index (χ4v) is 4.44. The maximum absolute atomic E-state index is 6.50. The molecule has 0 heterocycles. The lowest BCUT2D eigenvalue weighted by Gasteiger charge is -2.40. The van der Waals surface area contributed by atoms with Crippen LogP contribution in [0.15, 0.2) is 0 Å². The molecule has 0 atom stereocenters. The monoisotopic (exact) mass is 356 g/mol. The van der Waals surface area contributed by atoms with Crippen molar-refractivity contribution in [1.29, 1.82) is 0 Å². The molecule has 0 unspecified atom stereocenters. The molecule has 0 spiro atoms. The highest BCUT2D eigenvalue weighted by atomic mass is 16.7.